The van der Waals surface area contributed by atoms with Crippen molar-refractivity contribution in [1.29, 1.82) is 0 Å². The molecule has 1 unspecified atom stereocenters. The van der Waals surface area contributed by atoms with Gasteiger partial charge in [-0.1, -0.05) is 20.3 Å². The average molecular weight is 263 g/mol. The van der Waals surface area contributed by atoms with Crippen LogP contribution in [0.25, 0.3) is 0 Å². The summed E-state index contributed by atoms with van der Waals surface area (Å²) >= 11 is 0. The fourth-order valence-corrected chi connectivity index (χ4v) is 2.99. The molecule has 104 valence electrons. The Morgan fingerprint density at radius 3 is 2.12 bits per heavy atom. The maximum atomic E-state index is 12.0. The van der Waals surface area contributed by atoms with Crippen molar-refractivity contribution in [2.24, 2.45) is 5.92 Å². The van der Waals surface area contributed by atoms with Crippen LogP contribution in [0.15, 0.2) is 0 Å². The summed E-state index contributed by atoms with van der Waals surface area (Å²) in [4.78, 5) is 0. The van der Waals surface area contributed by atoms with Crippen molar-refractivity contribution in [1.82, 2.24) is 5.32 Å². The molecular weight excluding hydrogens is 234 g/mol. The van der Waals surface area contributed by atoms with Gasteiger partial charge in [0.1, 0.15) is 0 Å². The Morgan fingerprint density at radius 2 is 1.71 bits per heavy atom. The first-order chi connectivity index (χ1) is 7.74. The van der Waals surface area contributed by atoms with E-state index in [1.54, 1.807) is 20.8 Å². The van der Waals surface area contributed by atoms with Gasteiger partial charge in [-0.3, -0.25) is 0 Å². The summed E-state index contributed by atoms with van der Waals surface area (Å²) in [5.41, 5.74) is 0. The molecule has 0 rings (SSSR count). The second kappa shape index (κ2) is 7.37. The zero-order chi connectivity index (χ0) is 13.5. The van der Waals surface area contributed by atoms with Gasteiger partial charge in [-0.05, 0) is 52.6 Å². The van der Waals surface area contributed by atoms with Gasteiger partial charge in [0, 0.05) is 0 Å². The molecule has 17 heavy (non-hydrogen) atoms. The molecule has 1 atom stereocenters. The Bertz CT molecular complexity index is 291. The first-order valence-electron chi connectivity index (χ1n) is 6.67. The Hall–Kier alpha value is -0.0900. The van der Waals surface area contributed by atoms with E-state index in [0.717, 1.165) is 32.4 Å². The third-order valence-electron chi connectivity index (χ3n) is 3.11. The summed E-state index contributed by atoms with van der Waals surface area (Å²) in [7, 11) is -2.96. The van der Waals surface area contributed by atoms with Crippen LogP contribution in [-0.2, 0) is 9.84 Å². The SMILES string of the molecule is CCCC(CCS(=O)(=O)C(C)(C)C)CNCC. The number of sulfone groups is 1. The molecule has 0 spiro atoms. The Morgan fingerprint density at radius 1 is 1.12 bits per heavy atom. The van der Waals surface area contributed by atoms with Crippen molar-refractivity contribution in [3.8, 4) is 0 Å². The normalized spacial score (nSPS) is 14.9. The van der Waals surface area contributed by atoms with E-state index in [9.17, 15) is 8.42 Å². The Labute approximate surface area is 107 Å². The molecule has 0 radical (unpaired) electrons. The van der Waals surface area contributed by atoms with E-state index in [4.69, 9.17) is 0 Å². The third-order valence-corrected chi connectivity index (χ3v) is 5.75. The first-order valence-corrected chi connectivity index (χ1v) is 8.32. The summed E-state index contributed by atoms with van der Waals surface area (Å²) in [6.07, 6.45) is 3.00. The second-order valence-electron chi connectivity index (χ2n) is 5.68. The molecule has 0 fully saturated rings. The molecule has 0 aromatic heterocycles. The minimum Gasteiger partial charge on any atom is -0.317 e. The molecule has 3 nitrogen and oxygen atoms in total. The van der Waals surface area contributed by atoms with Gasteiger partial charge in [-0.2, -0.15) is 0 Å². The molecule has 0 heterocycles. The fraction of sp³-hybridized carbons (Fsp3) is 1.00. The van der Waals surface area contributed by atoms with Crippen LogP contribution in [0.1, 0.15) is 53.9 Å². The lowest BCUT2D eigenvalue weighted by Crippen LogP contribution is -2.32. The molecule has 0 aliphatic heterocycles. The zero-order valence-electron chi connectivity index (χ0n) is 12.0. The van der Waals surface area contributed by atoms with Crippen molar-refractivity contribution in [3.63, 3.8) is 0 Å². The predicted octanol–water partition coefficient (Wildman–Crippen LogP) is 2.62. The lowest BCUT2D eigenvalue weighted by Gasteiger charge is -2.22. The predicted molar refractivity (Wildman–Crippen MR) is 75.1 cm³/mol. The van der Waals surface area contributed by atoms with Gasteiger partial charge in [0.25, 0.3) is 0 Å². The number of hydrogen-bond donors (Lipinski definition) is 1. The van der Waals surface area contributed by atoms with Crippen molar-refractivity contribution in [2.45, 2.75) is 58.6 Å². The van der Waals surface area contributed by atoms with Gasteiger partial charge < -0.3 is 5.32 Å². The van der Waals surface area contributed by atoms with Crippen LogP contribution < -0.4 is 5.32 Å². The Balaban J connectivity index is 4.30. The number of nitrogens with one attached hydrogen (secondary N) is 1. The third kappa shape index (κ3) is 6.41. The minimum atomic E-state index is -2.96. The van der Waals surface area contributed by atoms with E-state index in [-0.39, 0.29) is 0 Å². The highest BCUT2D eigenvalue weighted by atomic mass is 32.2. The van der Waals surface area contributed by atoms with E-state index in [1.165, 1.54) is 0 Å². The average Bonchev–Trinajstić information content (AvgIpc) is 2.20. The monoisotopic (exact) mass is 263 g/mol. The standard InChI is InChI=1S/C13H29NO2S/c1-6-8-12(11-14-7-2)9-10-17(15,16)13(3,4)5/h12,14H,6-11H2,1-5H3. The highest BCUT2D eigenvalue weighted by molar-refractivity contribution is 7.92. The summed E-state index contributed by atoms with van der Waals surface area (Å²) in [6.45, 7) is 11.5. The first kappa shape index (κ1) is 16.9. The molecule has 0 amide bonds. The molecule has 0 saturated carbocycles. The highest BCUT2D eigenvalue weighted by Crippen LogP contribution is 2.20. The van der Waals surface area contributed by atoms with E-state index in [1.807, 2.05) is 0 Å². The second-order valence-corrected chi connectivity index (χ2v) is 8.54. The lowest BCUT2D eigenvalue weighted by molar-refractivity contribution is 0.431. The van der Waals surface area contributed by atoms with Crippen molar-refractivity contribution >= 4 is 9.84 Å². The minimum absolute atomic E-state index is 0.312. The zero-order valence-corrected chi connectivity index (χ0v) is 12.9. The molecule has 0 aliphatic carbocycles. The quantitative estimate of drug-likeness (QED) is 0.732. The van der Waals surface area contributed by atoms with Gasteiger partial charge in [0.15, 0.2) is 9.84 Å². The van der Waals surface area contributed by atoms with Crippen LogP contribution in [0.2, 0.25) is 0 Å². The number of hydrogen-bond acceptors (Lipinski definition) is 3. The smallest absolute Gasteiger partial charge is 0.155 e. The summed E-state index contributed by atoms with van der Waals surface area (Å²) in [5, 5.41) is 3.31. The van der Waals surface area contributed by atoms with Gasteiger partial charge in [0.2, 0.25) is 0 Å². The summed E-state index contributed by atoms with van der Waals surface area (Å²) in [5.74, 6) is 0.795. The molecule has 0 aromatic rings. The van der Waals surface area contributed by atoms with Crippen LogP contribution in [-0.4, -0.2) is 32.0 Å². The highest BCUT2D eigenvalue weighted by Gasteiger charge is 2.29. The van der Waals surface area contributed by atoms with Gasteiger partial charge in [-0.25, -0.2) is 8.42 Å². The van der Waals surface area contributed by atoms with E-state index < -0.39 is 14.6 Å². The summed E-state index contributed by atoms with van der Waals surface area (Å²) in [6, 6.07) is 0. The Kier molecular flexibility index (Phi) is 7.33. The largest absolute Gasteiger partial charge is 0.317 e. The molecule has 0 saturated heterocycles. The van der Waals surface area contributed by atoms with Crippen LogP contribution >= 0.6 is 0 Å². The van der Waals surface area contributed by atoms with Crippen molar-refractivity contribution in [2.75, 3.05) is 18.8 Å². The lowest BCUT2D eigenvalue weighted by atomic mass is 10.0. The molecule has 4 heteroatoms. The molecule has 0 aliphatic rings. The van der Waals surface area contributed by atoms with Crippen LogP contribution in [0.3, 0.4) is 0 Å². The van der Waals surface area contributed by atoms with E-state index in [2.05, 4.69) is 19.2 Å². The molecular formula is C13H29NO2S. The van der Waals surface area contributed by atoms with Crippen LogP contribution in [0.5, 0.6) is 0 Å². The number of rotatable bonds is 8. The molecule has 0 aromatic carbocycles. The molecule has 0 bridgehead atoms. The topological polar surface area (TPSA) is 46.2 Å². The van der Waals surface area contributed by atoms with E-state index >= 15 is 0 Å². The van der Waals surface area contributed by atoms with Gasteiger partial charge >= 0.3 is 0 Å². The van der Waals surface area contributed by atoms with Gasteiger partial charge in [0.05, 0.1) is 10.5 Å². The summed E-state index contributed by atoms with van der Waals surface area (Å²) < 4.78 is 23.4. The van der Waals surface area contributed by atoms with Crippen molar-refractivity contribution in [3.05, 3.63) is 0 Å². The molecule has 1 N–H and O–H groups in total. The van der Waals surface area contributed by atoms with E-state index in [0.29, 0.717) is 11.7 Å². The van der Waals surface area contributed by atoms with Crippen molar-refractivity contribution < 1.29 is 8.42 Å². The fourth-order valence-electron chi connectivity index (χ4n) is 1.73. The van der Waals surface area contributed by atoms with Crippen LogP contribution in [0, 0.1) is 5.92 Å². The maximum Gasteiger partial charge on any atom is 0.155 e. The van der Waals surface area contributed by atoms with Crippen LogP contribution in [0.4, 0.5) is 0 Å². The van der Waals surface area contributed by atoms with Gasteiger partial charge in [-0.15, -0.1) is 0 Å². The maximum absolute atomic E-state index is 12.0.